The van der Waals surface area contributed by atoms with Crippen molar-refractivity contribution in [3.05, 3.63) is 24.3 Å². The molecule has 0 aliphatic carbocycles. The maximum atomic E-state index is 11.8. The monoisotopic (exact) mass is 291 g/mol. The Bertz CT molecular complexity index is 556. The number of likely N-dealkylation sites (N-methyl/N-ethyl adjacent to an activating group) is 1. The Labute approximate surface area is 122 Å². The SMILES string of the molecule is COc1ccc(NC(=O)CNC2CC(=O)N(C)C2=O)cc1. The molecule has 0 radical (unpaired) electrons. The highest BCUT2D eigenvalue weighted by Crippen LogP contribution is 2.15. The van der Waals surface area contributed by atoms with Gasteiger partial charge in [-0.1, -0.05) is 0 Å². The fourth-order valence-electron chi connectivity index (χ4n) is 2.01. The standard InChI is InChI=1S/C14H17N3O4/c1-17-13(19)7-11(14(17)20)15-8-12(18)16-9-3-5-10(21-2)6-4-9/h3-6,11,15H,7-8H2,1-2H3,(H,16,18). The number of nitrogens with one attached hydrogen (secondary N) is 2. The number of nitrogens with zero attached hydrogens (tertiary/aromatic N) is 1. The minimum Gasteiger partial charge on any atom is -0.497 e. The van der Waals surface area contributed by atoms with E-state index in [0.717, 1.165) is 4.90 Å². The van der Waals surface area contributed by atoms with Crippen molar-refractivity contribution in [3.63, 3.8) is 0 Å². The van der Waals surface area contributed by atoms with E-state index in [0.29, 0.717) is 11.4 Å². The number of likely N-dealkylation sites (tertiary alicyclic amines) is 1. The third kappa shape index (κ3) is 3.57. The topological polar surface area (TPSA) is 87.7 Å². The Hall–Kier alpha value is -2.41. The highest BCUT2D eigenvalue weighted by atomic mass is 16.5. The summed E-state index contributed by atoms with van der Waals surface area (Å²) in [4.78, 5) is 35.8. The van der Waals surface area contributed by atoms with Gasteiger partial charge < -0.3 is 10.1 Å². The zero-order valence-corrected chi connectivity index (χ0v) is 11.9. The summed E-state index contributed by atoms with van der Waals surface area (Å²) in [5, 5.41) is 5.47. The van der Waals surface area contributed by atoms with E-state index < -0.39 is 6.04 Å². The number of anilines is 1. The van der Waals surface area contributed by atoms with E-state index in [4.69, 9.17) is 4.74 Å². The summed E-state index contributed by atoms with van der Waals surface area (Å²) in [6.07, 6.45) is 0.0884. The van der Waals surface area contributed by atoms with Gasteiger partial charge in [0.05, 0.1) is 26.1 Å². The number of amides is 3. The van der Waals surface area contributed by atoms with Gasteiger partial charge in [-0.2, -0.15) is 0 Å². The second-order valence-corrected chi connectivity index (χ2v) is 4.71. The van der Waals surface area contributed by atoms with E-state index in [1.807, 2.05) is 0 Å². The molecule has 1 aliphatic heterocycles. The van der Waals surface area contributed by atoms with Gasteiger partial charge in [0.1, 0.15) is 5.75 Å². The maximum Gasteiger partial charge on any atom is 0.246 e. The van der Waals surface area contributed by atoms with Gasteiger partial charge in [0.15, 0.2) is 0 Å². The van der Waals surface area contributed by atoms with E-state index >= 15 is 0 Å². The molecule has 1 fully saturated rings. The zero-order chi connectivity index (χ0) is 15.4. The maximum absolute atomic E-state index is 11.8. The van der Waals surface area contributed by atoms with Crippen LogP contribution in [0.25, 0.3) is 0 Å². The van der Waals surface area contributed by atoms with Gasteiger partial charge in [-0.05, 0) is 24.3 Å². The first kappa shape index (κ1) is 15.0. The lowest BCUT2D eigenvalue weighted by molar-refractivity contribution is -0.137. The van der Waals surface area contributed by atoms with Crippen LogP contribution in [0.4, 0.5) is 5.69 Å². The van der Waals surface area contributed by atoms with Gasteiger partial charge in [-0.3, -0.25) is 24.6 Å². The molecule has 1 saturated heterocycles. The summed E-state index contributed by atoms with van der Waals surface area (Å²) in [7, 11) is 3.00. The van der Waals surface area contributed by atoms with Gasteiger partial charge in [-0.15, -0.1) is 0 Å². The number of carbonyl (C=O) groups is 3. The molecule has 0 saturated carbocycles. The molecule has 112 valence electrons. The zero-order valence-electron chi connectivity index (χ0n) is 11.9. The summed E-state index contributed by atoms with van der Waals surface area (Å²) in [6.45, 7) is -0.0381. The number of rotatable bonds is 5. The van der Waals surface area contributed by atoms with Gasteiger partial charge >= 0.3 is 0 Å². The number of hydrogen-bond donors (Lipinski definition) is 2. The van der Waals surface area contributed by atoms with Crippen molar-refractivity contribution in [2.24, 2.45) is 0 Å². The van der Waals surface area contributed by atoms with Crippen LogP contribution in [0, 0.1) is 0 Å². The second-order valence-electron chi connectivity index (χ2n) is 4.71. The van der Waals surface area contributed by atoms with E-state index in [9.17, 15) is 14.4 Å². The van der Waals surface area contributed by atoms with Crippen LogP contribution >= 0.6 is 0 Å². The molecule has 1 aliphatic rings. The third-order valence-corrected chi connectivity index (χ3v) is 3.26. The summed E-state index contributed by atoms with van der Waals surface area (Å²) in [5.74, 6) is -0.135. The lowest BCUT2D eigenvalue weighted by Gasteiger charge is -2.11. The third-order valence-electron chi connectivity index (χ3n) is 3.26. The normalized spacial score (nSPS) is 18.0. The Balaban J connectivity index is 1.82. The first-order valence-corrected chi connectivity index (χ1v) is 6.49. The molecule has 0 spiro atoms. The molecule has 7 heteroatoms. The molecule has 1 unspecified atom stereocenters. The molecule has 1 aromatic carbocycles. The van der Waals surface area contributed by atoms with Crippen molar-refractivity contribution in [3.8, 4) is 5.75 Å². The predicted molar refractivity (Wildman–Crippen MR) is 75.8 cm³/mol. The Morgan fingerprint density at radius 1 is 1.33 bits per heavy atom. The van der Waals surface area contributed by atoms with Crippen LogP contribution < -0.4 is 15.4 Å². The largest absolute Gasteiger partial charge is 0.497 e. The van der Waals surface area contributed by atoms with Crippen LogP contribution in [-0.4, -0.2) is 49.4 Å². The van der Waals surface area contributed by atoms with Crippen molar-refractivity contribution in [1.82, 2.24) is 10.2 Å². The molecule has 1 aromatic rings. The van der Waals surface area contributed by atoms with E-state index in [2.05, 4.69) is 10.6 Å². The highest BCUT2D eigenvalue weighted by molar-refractivity contribution is 6.05. The lowest BCUT2D eigenvalue weighted by atomic mass is 10.2. The van der Waals surface area contributed by atoms with Crippen molar-refractivity contribution in [2.75, 3.05) is 26.0 Å². The smallest absolute Gasteiger partial charge is 0.246 e. The first-order valence-electron chi connectivity index (χ1n) is 6.49. The molecule has 0 aromatic heterocycles. The average molecular weight is 291 g/mol. The number of benzene rings is 1. The van der Waals surface area contributed by atoms with Crippen molar-refractivity contribution >= 4 is 23.4 Å². The molecule has 2 rings (SSSR count). The fraction of sp³-hybridized carbons (Fsp3) is 0.357. The van der Waals surface area contributed by atoms with E-state index in [1.165, 1.54) is 7.05 Å². The molecule has 3 amide bonds. The van der Waals surface area contributed by atoms with Crippen LogP contribution in [0.15, 0.2) is 24.3 Å². The molecular weight excluding hydrogens is 274 g/mol. The van der Waals surface area contributed by atoms with Gasteiger partial charge in [0.2, 0.25) is 17.7 Å². The number of methoxy groups -OCH3 is 1. The highest BCUT2D eigenvalue weighted by Gasteiger charge is 2.35. The number of ether oxygens (including phenoxy) is 1. The summed E-state index contributed by atoms with van der Waals surface area (Å²) in [5.41, 5.74) is 0.633. The Kier molecular flexibility index (Phi) is 4.54. The van der Waals surface area contributed by atoms with E-state index in [-0.39, 0.29) is 30.7 Å². The predicted octanol–water partition coefficient (Wildman–Crippen LogP) is -0.0194. The Morgan fingerprint density at radius 2 is 2.00 bits per heavy atom. The van der Waals surface area contributed by atoms with Crippen LogP contribution in [0.2, 0.25) is 0 Å². The van der Waals surface area contributed by atoms with Gasteiger partial charge in [0.25, 0.3) is 0 Å². The second kappa shape index (κ2) is 6.36. The van der Waals surface area contributed by atoms with Crippen LogP contribution in [-0.2, 0) is 14.4 Å². The molecule has 1 heterocycles. The summed E-state index contributed by atoms with van der Waals surface area (Å²) < 4.78 is 5.02. The summed E-state index contributed by atoms with van der Waals surface area (Å²) >= 11 is 0. The van der Waals surface area contributed by atoms with Gasteiger partial charge in [0, 0.05) is 12.7 Å². The van der Waals surface area contributed by atoms with E-state index in [1.54, 1.807) is 31.4 Å². The minimum absolute atomic E-state index is 0.0381. The molecular formula is C14H17N3O4. The molecule has 21 heavy (non-hydrogen) atoms. The van der Waals surface area contributed by atoms with Crippen molar-refractivity contribution < 1.29 is 19.1 Å². The number of imide groups is 1. The first-order chi connectivity index (χ1) is 10.0. The molecule has 0 bridgehead atoms. The lowest BCUT2D eigenvalue weighted by Crippen LogP contribution is -2.41. The van der Waals surface area contributed by atoms with Crippen molar-refractivity contribution in [2.45, 2.75) is 12.5 Å². The number of carbonyl (C=O) groups excluding carboxylic acids is 3. The average Bonchev–Trinajstić information content (AvgIpc) is 2.73. The molecule has 1 atom stereocenters. The summed E-state index contributed by atoms with van der Waals surface area (Å²) in [6, 6.07) is 6.28. The van der Waals surface area contributed by atoms with Crippen LogP contribution in [0.1, 0.15) is 6.42 Å². The fourth-order valence-corrected chi connectivity index (χ4v) is 2.01. The number of hydrogen-bond acceptors (Lipinski definition) is 5. The molecule has 7 nitrogen and oxygen atoms in total. The van der Waals surface area contributed by atoms with Crippen LogP contribution in [0.5, 0.6) is 5.75 Å². The minimum atomic E-state index is -0.621. The van der Waals surface area contributed by atoms with Crippen LogP contribution in [0.3, 0.4) is 0 Å². The molecule has 2 N–H and O–H groups in total. The van der Waals surface area contributed by atoms with Crippen molar-refractivity contribution in [1.29, 1.82) is 0 Å². The van der Waals surface area contributed by atoms with Gasteiger partial charge in [-0.25, -0.2) is 0 Å². The quantitative estimate of drug-likeness (QED) is 0.745. The Morgan fingerprint density at radius 3 is 2.52 bits per heavy atom.